The molecule has 0 unspecified atom stereocenters. The zero-order valence-corrected chi connectivity index (χ0v) is 13.9. The maximum Gasteiger partial charge on any atom is 0.138 e. The van der Waals surface area contributed by atoms with Crippen LogP contribution in [0.3, 0.4) is 0 Å². The fourth-order valence-electron chi connectivity index (χ4n) is 3.08. The molecule has 25 heavy (non-hydrogen) atoms. The Morgan fingerprint density at radius 3 is 2.68 bits per heavy atom. The number of nitrogens with one attached hydrogen (secondary N) is 2. The summed E-state index contributed by atoms with van der Waals surface area (Å²) in [6.45, 7) is 3.79. The first-order valence-electron chi connectivity index (χ1n) is 8.46. The lowest BCUT2D eigenvalue weighted by Gasteiger charge is -2.26. The van der Waals surface area contributed by atoms with Crippen LogP contribution >= 0.6 is 0 Å². The summed E-state index contributed by atoms with van der Waals surface area (Å²) >= 11 is 0. The van der Waals surface area contributed by atoms with Crippen molar-refractivity contribution in [2.75, 3.05) is 31.5 Å². The number of hydrogen-bond donors (Lipinski definition) is 2. The summed E-state index contributed by atoms with van der Waals surface area (Å²) in [7, 11) is 0. The summed E-state index contributed by atoms with van der Waals surface area (Å²) < 4.78 is 27.2. The molecule has 1 fully saturated rings. The van der Waals surface area contributed by atoms with Gasteiger partial charge in [-0.3, -0.25) is 0 Å². The molecule has 2 aromatic rings. The number of rotatable bonds is 6. The van der Waals surface area contributed by atoms with Crippen LogP contribution in [0.2, 0.25) is 0 Å². The van der Waals surface area contributed by atoms with Crippen LogP contribution in [0.5, 0.6) is 0 Å². The van der Waals surface area contributed by atoms with E-state index < -0.39 is 11.6 Å². The average Bonchev–Trinajstić information content (AvgIpc) is 2.62. The van der Waals surface area contributed by atoms with Crippen LogP contribution in [0.1, 0.15) is 24.8 Å². The topological polar surface area (TPSA) is 64.9 Å². The van der Waals surface area contributed by atoms with Gasteiger partial charge in [0.15, 0.2) is 0 Å². The van der Waals surface area contributed by atoms with Gasteiger partial charge in [0, 0.05) is 30.9 Å². The highest BCUT2D eigenvalue weighted by Gasteiger charge is 2.16. The minimum atomic E-state index is -0.707. The molecule has 3 rings (SSSR count). The molecule has 1 aliphatic heterocycles. The van der Waals surface area contributed by atoms with Crippen molar-refractivity contribution < 1.29 is 8.78 Å². The standard InChI is InChI=1S/C18H21F2N5/c19-13-4-5-14(16(20)10-13)17-15(11-21)18(24-12-23-17)22-6-9-25-7-2-1-3-8-25/h4-5,10-12,21H,1-3,6-9H2,(H,22,23,24). The largest absolute Gasteiger partial charge is 0.368 e. The summed E-state index contributed by atoms with van der Waals surface area (Å²) in [4.78, 5) is 10.7. The highest BCUT2D eigenvalue weighted by atomic mass is 19.1. The van der Waals surface area contributed by atoms with Gasteiger partial charge < -0.3 is 15.6 Å². The molecular formula is C18H21F2N5. The van der Waals surface area contributed by atoms with Crippen molar-refractivity contribution in [3.63, 3.8) is 0 Å². The van der Waals surface area contributed by atoms with Gasteiger partial charge in [-0.25, -0.2) is 18.7 Å². The van der Waals surface area contributed by atoms with Gasteiger partial charge in [-0.05, 0) is 38.1 Å². The van der Waals surface area contributed by atoms with E-state index in [4.69, 9.17) is 5.41 Å². The van der Waals surface area contributed by atoms with E-state index in [1.807, 2.05) is 0 Å². The van der Waals surface area contributed by atoms with Crippen molar-refractivity contribution in [1.29, 1.82) is 5.41 Å². The number of aromatic nitrogens is 2. The lowest BCUT2D eigenvalue weighted by Crippen LogP contribution is -2.33. The van der Waals surface area contributed by atoms with Crippen molar-refractivity contribution in [2.24, 2.45) is 0 Å². The molecule has 1 saturated heterocycles. The van der Waals surface area contributed by atoms with Gasteiger partial charge in [-0.15, -0.1) is 0 Å². The van der Waals surface area contributed by atoms with Crippen LogP contribution < -0.4 is 5.32 Å². The van der Waals surface area contributed by atoms with E-state index in [1.54, 1.807) is 0 Å². The van der Waals surface area contributed by atoms with E-state index in [0.717, 1.165) is 31.9 Å². The molecule has 0 bridgehead atoms. The third-order valence-electron chi connectivity index (χ3n) is 4.38. The molecular weight excluding hydrogens is 324 g/mol. The van der Waals surface area contributed by atoms with Crippen molar-refractivity contribution in [2.45, 2.75) is 19.3 Å². The Labute approximate surface area is 145 Å². The first-order chi connectivity index (χ1) is 12.2. The SMILES string of the molecule is N=Cc1c(NCCN2CCCCC2)ncnc1-c1ccc(F)cc1F. The maximum atomic E-state index is 14.1. The fraction of sp³-hybridized carbons (Fsp3) is 0.389. The second kappa shape index (κ2) is 8.11. The van der Waals surface area contributed by atoms with Crippen LogP contribution in [0.25, 0.3) is 11.3 Å². The molecule has 7 heteroatoms. The molecule has 5 nitrogen and oxygen atoms in total. The van der Waals surface area contributed by atoms with Crippen molar-refractivity contribution in [3.05, 3.63) is 41.7 Å². The van der Waals surface area contributed by atoms with Gasteiger partial charge in [-0.1, -0.05) is 6.42 Å². The van der Waals surface area contributed by atoms with Crippen LogP contribution in [0.15, 0.2) is 24.5 Å². The Morgan fingerprint density at radius 1 is 1.16 bits per heavy atom. The lowest BCUT2D eigenvalue weighted by molar-refractivity contribution is 0.237. The summed E-state index contributed by atoms with van der Waals surface area (Å²) in [6.07, 6.45) is 6.18. The number of hydrogen-bond acceptors (Lipinski definition) is 5. The van der Waals surface area contributed by atoms with E-state index in [2.05, 4.69) is 20.2 Å². The van der Waals surface area contributed by atoms with Crippen molar-refractivity contribution in [1.82, 2.24) is 14.9 Å². The van der Waals surface area contributed by atoms with Crippen LogP contribution in [-0.2, 0) is 0 Å². The Bertz CT molecular complexity index is 744. The molecule has 0 aliphatic carbocycles. The molecule has 0 spiro atoms. The highest BCUT2D eigenvalue weighted by molar-refractivity contribution is 5.92. The molecule has 0 amide bonds. The Kier molecular flexibility index (Phi) is 5.65. The third-order valence-corrected chi connectivity index (χ3v) is 4.38. The maximum absolute atomic E-state index is 14.1. The van der Waals surface area contributed by atoms with Gasteiger partial charge in [0.05, 0.1) is 11.3 Å². The second-order valence-corrected chi connectivity index (χ2v) is 6.08. The quantitative estimate of drug-likeness (QED) is 0.789. The third kappa shape index (κ3) is 4.17. The normalized spacial score (nSPS) is 15.1. The summed E-state index contributed by atoms with van der Waals surface area (Å²) in [5.74, 6) is -0.867. The molecule has 0 atom stereocenters. The Hall–Kier alpha value is -2.41. The number of benzene rings is 1. The smallest absolute Gasteiger partial charge is 0.138 e. The van der Waals surface area contributed by atoms with E-state index >= 15 is 0 Å². The summed E-state index contributed by atoms with van der Waals surface area (Å²) in [6, 6.07) is 3.32. The Balaban J connectivity index is 1.77. The minimum absolute atomic E-state index is 0.154. The molecule has 0 saturated carbocycles. The van der Waals surface area contributed by atoms with Gasteiger partial charge >= 0.3 is 0 Å². The number of anilines is 1. The van der Waals surface area contributed by atoms with Gasteiger partial charge in [0.25, 0.3) is 0 Å². The molecule has 1 aromatic carbocycles. The van der Waals surface area contributed by atoms with Crippen molar-refractivity contribution >= 4 is 12.0 Å². The number of likely N-dealkylation sites (tertiary alicyclic amines) is 1. The van der Waals surface area contributed by atoms with E-state index in [1.165, 1.54) is 37.7 Å². The first kappa shape index (κ1) is 17.4. The van der Waals surface area contributed by atoms with E-state index in [-0.39, 0.29) is 11.3 Å². The van der Waals surface area contributed by atoms with E-state index in [9.17, 15) is 8.78 Å². The number of piperidine rings is 1. The van der Waals surface area contributed by atoms with Crippen LogP contribution in [0.4, 0.5) is 14.6 Å². The molecule has 1 aliphatic rings. The first-order valence-corrected chi connectivity index (χ1v) is 8.46. The molecule has 2 N–H and O–H groups in total. The van der Waals surface area contributed by atoms with Gasteiger partial charge in [0.2, 0.25) is 0 Å². The van der Waals surface area contributed by atoms with Crippen LogP contribution in [-0.4, -0.2) is 47.3 Å². The zero-order chi connectivity index (χ0) is 17.6. The molecule has 1 aromatic heterocycles. The zero-order valence-electron chi connectivity index (χ0n) is 13.9. The summed E-state index contributed by atoms with van der Waals surface area (Å²) in [5, 5.41) is 10.9. The van der Waals surface area contributed by atoms with Crippen molar-refractivity contribution in [3.8, 4) is 11.3 Å². The fourth-order valence-corrected chi connectivity index (χ4v) is 3.08. The van der Waals surface area contributed by atoms with E-state index in [0.29, 0.717) is 17.9 Å². The second-order valence-electron chi connectivity index (χ2n) is 6.08. The minimum Gasteiger partial charge on any atom is -0.368 e. The predicted octanol–water partition coefficient (Wildman–Crippen LogP) is 3.32. The monoisotopic (exact) mass is 345 g/mol. The average molecular weight is 345 g/mol. The Morgan fingerprint density at radius 2 is 1.96 bits per heavy atom. The van der Waals surface area contributed by atoms with Gasteiger partial charge in [-0.2, -0.15) is 0 Å². The molecule has 132 valence electrons. The predicted molar refractivity (Wildman–Crippen MR) is 94.1 cm³/mol. The summed E-state index contributed by atoms with van der Waals surface area (Å²) in [5.41, 5.74) is 0.830. The van der Waals surface area contributed by atoms with Gasteiger partial charge in [0.1, 0.15) is 23.8 Å². The molecule has 2 heterocycles. The number of nitrogens with zero attached hydrogens (tertiary/aromatic N) is 3. The lowest BCUT2D eigenvalue weighted by atomic mass is 10.1. The molecule has 0 radical (unpaired) electrons. The highest BCUT2D eigenvalue weighted by Crippen LogP contribution is 2.27. The number of halogens is 2. The van der Waals surface area contributed by atoms with Crippen LogP contribution in [0, 0.1) is 17.0 Å².